The fourth-order valence-corrected chi connectivity index (χ4v) is 4.35. The van der Waals surface area contributed by atoms with Gasteiger partial charge in [0, 0.05) is 25.7 Å². The molecule has 1 fully saturated rings. The molecule has 0 aromatic heterocycles. The van der Waals surface area contributed by atoms with E-state index < -0.39 is 10.8 Å². The Kier molecular flexibility index (Phi) is 7.24. The van der Waals surface area contributed by atoms with Crippen LogP contribution in [0.1, 0.15) is 22.0 Å². The fraction of sp³-hybridized carbons (Fsp3) is 0.320. The van der Waals surface area contributed by atoms with Crippen LogP contribution in [0.15, 0.2) is 54.6 Å². The minimum Gasteiger partial charge on any atom is -0.493 e. The van der Waals surface area contributed by atoms with Crippen molar-refractivity contribution in [3.8, 4) is 11.5 Å². The van der Waals surface area contributed by atoms with Gasteiger partial charge in [-0.1, -0.05) is 42.5 Å². The molecule has 4 rings (SSSR count). The van der Waals surface area contributed by atoms with Crippen molar-refractivity contribution in [1.82, 2.24) is 10.2 Å². The zero-order valence-electron chi connectivity index (χ0n) is 19.2. The molecule has 1 heterocycles. The van der Waals surface area contributed by atoms with Gasteiger partial charge in [0.25, 0.3) is 11.6 Å². The number of nitro groups is 1. The summed E-state index contributed by atoms with van der Waals surface area (Å²) in [5.74, 6) is -0.115. The van der Waals surface area contributed by atoms with Gasteiger partial charge >= 0.3 is 0 Å². The van der Waals surface area contributed by atoms with Crippen molar-refractivity contribution in [1.29, 1.82) is 0 Å². The van der Waals surface area contributed by atoms with E-state index in [1.54, 1.807) is 0 Å². The topological polar surface area (TPSA) is 103 Å². The van der Waals surface area contributed by atoms with Crippen molar-refractivity contribution in [3.63, 3.8) is 0 Å². The molecule has 0 bridgehead atoms. The molecule has 0 radical (unpaired) electrons. The molecular weight excluding hydrogens is 438 g/mol. The van der Waals surface area contributed by atoms with Gasteiger partial charge in [-0.25, -0.2) is 0 Å². The van der Waals surface area contributed by atoms with Crippen LogP contribution < -0.4 is 14.8 Å². The predicted octanol–water partition coefficient (Wildman–Crippen LogP) is 3.57. The molecule has 178 valence electrons. The molecule has 9 nitrogen and oxygen atoms in total. The maximum Gasteiger partial charge on any atom is 0.286 e. The second kappa shape index (κ2) is 10.5. The van der Waals surface area contributed by atoms with E-state index in [-0.39, 0.29) is 35.3 Å². The highest BCUT2D eigenvalue weighted by Gasteiger charge is 2.28. The number of hydrogen-bond donors (Lipinski definition) is 1. The highest BCUT2D eigenvalue weighted by atomic mass is 16.6. The Morgan fingerprint density at radius 3 is 2.47 bits per heavy atom. The summed E-state index contributed by atoms with van der Waals surface area (Å²) in [5.41, 5.74) is 0.659. The molecule has 1 unspecified atom stereocenters. The number of carbonyl (C=O) groups is 1. The Labute approximate surface area is 197 Å². The maximum absolute atomic E-state index is 13.2. The summed E-state index contributed by atoms with van der Waals surface area (Å²) in [4.78, 5) is 26.5. The van der Waals surface area contributed by atoms with Crippen LogP contribution in [0.5, 0.6) is 11.5 Å². The Hall–Kier alpha value is -3.69. The third-order valence-corrected chi connectivity index (χ3v) is 6.07. The first-order valence-corrected chi connectivity index (χ1v) is 11.0. The number of nitrogens with zero attached hydrogens (tertiary/aromatic N) is 2. The van der Waals surface area contributed by atoms with Crippen LogP contribution in [-0.4, -0.2) is 62.8 Å². The van der Waals surface area contributed by atoms with Crippen molar-refractivity contribution >= 4 is 22.4 Å². The number of carbonyl (C=O) groups excluding carboxylic acids is 1. The van der Waals surface area contributed by atoms with Gasteiger partial charge in [-0.2, -0.15) is 0 Å². The van der Waals surface area contributed by atoms with Gasteiger partial charge in [-0.15, -0.1) is 0 Å². The first-order valence-electron chi connectivity index (χ1n) is 11.0. The number of nitro benzene ring substituents is 1. The van der Waals surface area contributed by atoms with Crippen LogP contribution in [0.3, 0.4) is 0 Å². The van der Waals surface area contributed by atoms with Crippen LogP contribution in [0.4, 0.5) is 5.69 Å². The molecule has 3 aromatic carbocycles. The molecule has 0 spiro atoms. The lowest BCUT2D eigenvalue weighted by Crippen LogP contribution is -2.44. The molecular formula is C25H27N3O6. The SMILES string of the molecule is COc1cc(C(=O)NCC(c2cccc3ccccc23)N2CCOCC2)c([N+](=O)[O-])cc1OC. The smallest absolute Gasteiger partial charge is 0.286 e. The number of nitrogens with one attached hydrogen (secondary N) is 1. The van der Waals surface area contributed by atoms with Gasteiger partial charge in [-0.3, -0.25) is 19.8 Å². The number of methoxy groups -OCH3 is 2. The number of amides is 1. The first kappa shape index (κ1) is 23.5. The fourth-order valence-electron chi connectivity index (χ4n) is 4.35. The number of benzene rings is 3. The van der Waals surface area contributed by atoms with Crippen LogP contribution in [0.2, 0.25) is 0 Å². The minimum atomic E-state index is -0.596. The van der Waals surface area contributed by atoms with E-state index in [2.05, 4.69) is 34.5 Å². The van der Waals surface area contributed by atoms with E-state index in [0.717, 1.165) is 29.4 Å². The molecule has 9 heteroatoms. The second-order valence-electron chi connectivity index (χ2n) is 7.92. The van der Waals surface area contributed by atoms with Crippen molar-refractivity contribution < 1.29 is 23.9 Å². The summed E-state index contributed by atoms with van der Waals surface area (Å²) in [6.45, 7) is 2.94. The number of hydrogen-bond acceptors (Lipinski definition) is 7. The Morgan fingerprint density at radius 2 is 1.76 bits per heavy atom. The zero-order chi connectivity index (χ0) is 24.1. The Morgan fingerprint density at radius 1 is 1.09 bits per heavy atom. The van der Waals surface area contributed by atoms with Crippen molar-refractivity contribution in [2.45, 2.75) is 6.04 Å². The number of fused-ring (bicyclic) bond motifs is 1. The quantitative estimate of drug-likeness (QED) is 0.401. The van der Waals surface area contributed by atoms with Crippen LogP contribution >= 0.6 is 0 Å². The summed E-state index contributed by atoms with van der Waals surface area (Å²) in [6, 6.07) is 16.7. The summed E-state index contributed by atoms with van der Waals surface area (Å²) >= 11 is 0. The van der Waals surface area contributed by atoms with Crippen LogP contribution in [0.25, 0.3) is 10.8 Å². The summed E-state index contributed by atoms with van der Waals surface area (Å²) in [7, 11) is 2.80. The van der Waals surface area contributed by atoms with Gasteiger partial charge in [0.15, 0.2) is 11.5 Å². The molecule has 1 amide bonds. The number of ether oxygens (including phenoxy) is 3. The Bertz CT molecular complexity index is 1190. The van der Waals surface area contributed by atoms with Gasteiger partial charge < -0.3 is 19.5 Å². The van der Waals surface area contributed by atoms with Crippen molar-refractivity contribution in [2.24, 2.45) is 0 Å². The summed E-state index contributed by atoms with van der Waals surface area (Å²) in [5, 5.41) is 16.8. The lowest BCUT2D eigenvalue weighted by molar-refractivity contribution is -0.385. The highest BCUT2D eigenvalue weighted by molar-refractivity contribution is 5.99. The number of morpholine rings is 1. The van der Waals surface area contributed by atoms with E-state index in [1.807, 2.05) is 18.2 Å². The molecule has 1 N–H and O–H groups in total. The van der Waals surface area contributed by atoms with Gasteiger partial charge in [-0.05, 0) is 16.3 Å². The van der Waals surface area contributed by atoms with E-state index in [0.29, 0.717) is 13.2 Å². The number of rotatable bonds is 8. The lowest BCUT2D eigenvalue weighted by Gasteiger charge is -2.35. The molecule has 0 aliphatic carbocycles. The average molecular weight is 466 g/mol. The maximum atomic E-state index is 13.2. The standard InChI is InChI=1S/C25H27N3O6/c1-32-23-14-20(21(28(30)31)15-24(23)33-2)25(29)26-16-22(27-10-12-34-13-11-27)19-9-5-7-17-6-3-4-8-18(17)19/h3-9,14-15,22H,10-13,16H2,1-2H3,(H,26,29). The molecule has 1 atom stereocenters. The molecule has 34 heavy (non-hydrogen) atoms. The van der Waals surface area contributed by atoms with E-state index >= 15 is 0 Å². The van der Waals surface area contributed by atoms with Gasteiger partial charge in [0.05, 0.1) is 44.5 Å². The summed E-state index contributed by atoms with van der Waals surface area (Å²) < 4.78 is 15.9. The lowest BCUT2D eigenvalue weighted by atomic mass is 9.97. The van der Waals surface area contributed by atoms with Gasteiger partial charge in [0.1, 0.15) is 5.56 Å². The normalized spacial score (nSPS) is 15.0. The van der Waals surface area contributed by atoms with E-state index in [4.69, 9.17) is 14.2 Å². The second-order valence-corrected chi connectivity index (χ2v) is 7.92. The monoisotopic (exact) mass is 465 g/mol. The first-order chi connectivity index (χ1) is 16.5. The average Bonchev–Trinajstić information content (AvgIpc) is 2.88. The molecule has 1 aliphatic rings. The van der Waals surface area contributed by atoms with Crippen molar-refractivity contribution in [2.75, 3.05) is 47.1 Å². The molecule has 1 aliphatic heterocycles. The van der Waals surface area contributed by atoms with Crippen molar-refractivity contribution in [3.05, 3.63) is 75.8 Å². The molecule has 1 saturated heterocycles. The Balaban J connectivity index is 1.66. The van der Waals surface area contributed by atoms with Gasteiger partial charge in [0.2, 0.25) is 0 Å². The third kappa shape index (κ3) is 4.80. The van der Waals surface area contributed by atoms with E-state index in [9.17, 15) is 14.9 Å². The van der Waals surface area contributed by atoms with Crippen LogP contribution in [0, 0.1) is 10.1 Å². The van der Waals surface area contributed by atoms with Crippen LogP contribution in [-0.2, 0) is 4.74 Å². The minimum absolute atomic E-state index is 0.0821. The third-order valence-electron chi connectivity index (χ3n) is 6.07. The highest BCUT2D eigenvalue weighted by Crippen LogP contribution is 2.35. The zero-order valence-corrected chi connectivity index (χ0v) is 19.2. The largest absolute Gasteiger partial charge is 0.493 e. The van der Waals surface area contributed by atoms with E-state index in [1.165, 1.54) is 26.4 Å². The molecule has 3 aromatic rings. The predicted molar refractivity (Wildman–Crippen MR) is 128 cm³/mol. The molecule has 0 saturated carbocycles. The summed E-state index contributed by atoms with van der Waals surface area (Å²) in [6.07, 6.45) is 0.